The second-order valence-corrected chi connectivity index (χ2v) is 4.64. The second-order valence-electron chi connectivity index (χ2n) is 4.25. The van der Waals surface area contributed by atoms with Crippen molar-refractivity contribution in [1.29, 1.82) is 0 Å². The van der Waals surface area contributed by atoms with Crippen LogP contribution in [0.25, 0.3) is 0 Å². The number of rotatable bonds is 5. The van der Waals surface area contributed by atoms with Gasteiger partial charge < -0.3 is 4.74 Å². The van der Waals surface area contributed by atoms with Gasteiger partial charge in [-0.25, -0.2) is 4.98 Å². The first-order chi connectivity index (χ1) is 7.44. The number of carbonyl (C=O) groups excluding carboxylic acids is 1. The normalized spacial score (nSPS) is 11.5. The second kappa shape index (κ2) is 5.41. The van der Waals surface area contributed by atoms with Crippen LogP contribution < -0.4 is 0 Å². The predicted octanol–water partition coefficient (Wildman–Crippen LogP) is 3.12. The Balaban J connectivity index is 2.60. The average molecular weight is 242 g/mol. The van der Waals surface area contributed by atoms with Gasteiger partial charge in [-0.15, -0.1) is 0 Å². The monoisotopic (exact) mass is 241 g/mol. The van der Waals surface area contributed by atoms with Crippen LogP contribution in [0.5, 0.6) is 0 Å². The molecule has 3 nitrogen and oxygen atoms in total. The molecule has 0 saturated heterocycles. The largest absolute Gasteiger partial charge is 0.379 e. The molecule has 0 aliphatic carbocycles. The molecule has 0 unspecified atom stereocenters. The zero-order valence-electron chi connectivity index (χ0n) is 9.79. The van der Waals surface area contributed by atoms with Crippen molar-refractivity contribution in [3.05, 3.63) is 29.0 Å². The molecule has 0 bridgehead atoms. The molecule has 1 rings (SSSR count). The van der Waals surface area contributed by atoms with Gasteiger partial charge in [-0.2, -0.15) is 0 Å². The molecule has 0 aliphatic heterocycles. The molecule has 0 N–H and O–H groups in total. The average Bonchev–Trinajstić information content (AvgIpc) is 2.26. The first-order valence-electron chi connectivity index (χ1n) is 5.14. The lowest BCUT2D eigenvalue weighted by molar-refractivity contribution is 0.0141. The molecule has 1 aromatic heterocycles. The minimum absolute atomic E-state index is 0.0643. The Morgan fingerprint density at radius 2 is 2.25 bits per heavy atom. The van der Waals surface area contributed by atoms with Crippen LogP contribution >= 0.6 is 11.6 Å². The van der Waals surface area contributed by atoms with Crippen molar-refractivity contribution in [2.45, 2.75) is 32.3 Å². The van der Waals surface area contributed by atoms with Crippen LogP contribution in [-0.2, 0) is 4.74 Å². The molecule has 88 valence electrons. The number of nitrogens with zero attached hydrogens (tertiary/aromatic N) is 1. The number of pyridine rings is 1. The van der Waals surface area contributed by atoms with E-state index in [9.17, 15) is 4.79 Å². The van der Waals surface area contributed by atoms with Crippen molar-refractivity contribution in [3.63, 3.8) is 0 Å². The third-order valence-electron chi connectivity index (χ3n) is 2.56. The fourth-order valence-electron chi connectivity index (χ4n) is 1.24. The highest BCUT2D eigenvalue weighted by Crippen LogP contribution is 2.18. The molecule has 0 amide bonds. The van der Waals surface area contributed by atoms with Crippen molar-refractivity contribution >= 4 is 17.4 Å². The number of hydrogen-bond acceptors (Lipinski definition) is 3. The SMILES string of the molecule is COC(C)(C)CCC(=O)c1ccnc(Cl)c1. The highest BCUT2D eigenvalue weighted by Gasteiger charge is 2.18. The van der Waals surface area contributed by atoms with Crippen LogP contribution in [0.2, 0.25) is 5.15 Å². The van der Waals surface area contributed by atoms with E-state index in [0.717, 1.165) is 0 Å². The lowest BCUT2D eigenvalue weighted by Crippen LogP contribution is -2.23. The molecule has 0 fully saturated rings. The smallest absolute Gasteiger partial charge is 0.163 e. The maximum absolute atomic E-state index is 11.8. The fraction of sp³-hybridized carbons (Fsp3) is 0.500. The van der Waals surface area contributed by atoms with Crippen LogP contribution in [0, 0.1) is 0 Å². The lowest BCUT2D eigenvalue weighted by Gasteiger charge is -2.22. The Morgan fingerprint density at radius 1 is 1.56 bits per heavy atom. The summed E-state index contributed by atoms with van der Waals surface area (Å²) in [6.07, 6.45) is 2.67. The van der Waals surface area contributed by atoms with Crippen molar-refractivity contribution in [2.75, 3.05) is 7.11 Å². The van der Waals surface area contributed by atoms with Crippen molar-refractivity contribution in [3.8, 4) is 0 Å². The van der Waals surface area contributed by atoms with Gasteiger partial charge in [0.2, 0.25) is 0 Å². The quantitative estimate of drug-likeness (QED) is 0.587. The van der Waals surface area contributed by atoms with Crippen LogP contribution in [0.4, 0.5) is 0 Å². The number of carbonyl (C=O) groups is 1. The van der Waals surface area contributed by atoms with E-state index >= 15 is 0 Å². The van der Waals surface area contributed by atoms with Gasteiger partial charge in [-0.05, 0) is 32.4 Å². The van der Waals surface area contributed by atoms with Gasteiger partial charge in [0.05, 0.1) is 5.60 Å². The minimum Gasteiger partial charge on any atom is -0.379 e. The maximum atomic E-state index is 11.8. The summed E-state index contributed by atoms with van der Waals surface area (Å²) < 4.78 is 5.26. The Kier molecular flexibility index (Phi) is 4.44. The summed E-state index contributed by atoms with van der Waals surface area (Å²) in [6, 6.07) is 3.26. The van der Waals surface area contributed by atoms with Crippen LogP contribution in [-0.4, -0.2) is 23.5 Å². The number of hydrogen-bond donors (Lipinski definition) is 0. The summed E-state index contributed by atoms with van der Waals surface area (Å²) in [7, 11) is 1.65. The summed E-state index contributed by atoms with van der Waals surface area (Å²) in [5.74, 6) is 0.0643. The Morgan fingerprint density at radius 3 is 2.81 bits per heavy atom. The van der Waals surface area contributed by atoms with Gasteiger partial charge in [0.15, 0.2) is 5.78 Å². The van der Waals surface area contributed by atoms with Gasteiger partial charge in [0.1, 0.15) is 5.15 Å². The van der Waals surface area contributed by atoms with Crippen LogP contribution in [0.1, 0.15) is 37.0 Å². The van der Waals surface area contributed by atoms with E-state index in [2.05, 4.69) is 4.98 Å². The maximum Gasteiger partial charge on any atom is 0.163 e. The van der Waals surface area contributed by atoms with Gasteiger partial charge in [-0.3, -0.25) is 4.79 Å². The Hall–Kier alpha value is -0.930. The Labute approximate surface area is 101 Å². The number of ketones is 1. The molecule has 0 aliphatic rings. The predicted molar refractivity (Wildman–Crippen MR) is 63.9 cm³/mol. The van der Waals surface area contributed by atoms with E-state index in [4.69, 9.17) is 16.3 Å². The molecular weight excluding hydrogens is 226 g/mol. The highest BCUT2D eigenvalue weighted by atomic mass is 35.5. The summed E-state index contributed by atoms with van der Waals surface area (Å²) in [4.78, 5) is 15.7. The number of Topliss-reactive ketones (excluding diaryl/α,β-unsaturated/α-hetero) is 1. The van der Waals surface area contributed by atoms with Crippen molar-refractivity contribution in [1.82, 2.24) is 4.98 Å². The zero-order valence-corrected chi connectivity index (χ0v) is 10.5. The number of methoxy groups -OCH3 is 1. The van der Waals surface area contributed by atoms with E-state index in [1.807, 2.05) is 13.8 Å². The number of aromatic nitrogens is 1. The molecule has 1 heterocycles. The molecular formula is C12H16ClNO2. The highest BCUT2D eigenvalue weighted by molar-refractivity contribution is 6.29. The van der Waals surface area contributed by atoms with Crippen molar-refractivity contribution < 1.29 is 9.53 Å². The van der Waals surface area contributed by atoms with Gasteiger partial charge in [0.25, 0.3) is 0 Å². The van der Waals surface area contributed by atoms with Gasteiger partial charge in [-0.1, -0.05) is 11.6 Å². The summed E-state index contributed by atoms with van der Waals surface area (Å²) >= 11 is 5.72. The van der Waals surface area contributed by atoms with E-state index in [-0.39, 0.29) is 11.4 Å². The standard InChI is InChI=1S/C12H16ClNO2/c1-12(2,16-3)6-4-10(15)9-5-7-14-11(13)8-9/h5,7-8H,4,6H2,1-3H3. The minimum atomic E-state index is -0.271. The summed E-state index contributed by atoms with van der Waals surface area (Å²) in [5.41, 5.74) is 0.332. The third-order valence-corrected chi connectivity index (χ3v) is 2.76. The molecule has 4 heteroatoms. The van der Waals surface area contributed by atoms with Crippen LogP contribution in [0.15, 0.2) is 18.3 Å². The van der Waals surface area contributed by atoms with Gasteiger partial charge in [0, 0.05) is 25.3 Å². The van der Waals surface area contributed by atoms with E-state index in [0.29, 0.717) is 23.6 Å². The first kappa shape index (κ1) is 13.1. The molecule has 0 spiro atoms. The number of ether oxygens (including phenoxy) is 1. The Bertz CT molecular complexity index is 377. The molecule has 0 saturated carbocycles. The third kappa shape index (κ3) is 3.91. The molecule has 1 aromatic rings. The van der Waals surface area contributed by atoms with E-state index < -0.39 is 0 Å². The number of halogens is 1. The first-order valence-corrected chi connectivity index (χ1v) is 5.52. The lowest BCUT2D eigenvalue weighted by atomic mass is 9.98. The zero-order chi connectivity index (χ0) is 12.2. The van der Waals surface area contributed by atoms with Crippen molar-refractivity contribution in [2.24, 2.45) is 0 Å². The van der Waals surface area contributed by atoms with E-state index in [1.54, 1.807) is 19.2 Å². The van der Waals surface area contributed by atoms with E-state index in [1.165, 1.54) is 6.20 Å². The molecule has 0 aromatic carbocycles. The topological polar surface area (TPSA) is 39.2 Å². The molecule has 16 heavy (non-hydrogen) atoms. The molecule has 0 atom stereocenters. The molecule has 0 radical (unpaired) electrons. The van der Waals surface area contributed by atoms with Crippen LogP contribution in [0.3, 0.4) is 0 Å². The fourth-order valence-corrected chi connectivity index (χ4v) is 1.41. The summed E-state index contributed by atoms with van der Waals surface area (Å²) in [5, 5.41) is 0.344. The summed E-state index contributed by atoms with van der Waals surface area (Å²) in [6.45, 7) is 3.92. The van der Waals surface area contributed by atoms with Gasteiger partial charge >= 0.3 is 0 Å².